The number of rotatable bonds is 10. The van der Waals surface area contributed by atoms with Crippen LogP contribution in [0.1, 0.15) is 51.7 Å². The van der Waals surface area contributed by atoms with Crippen LogP contribution in [0.4, 0.5) is 4.39 Å². The number of hydrogen-bond donors (Lipinski definition) is 1. The molecule has 120 valence electrons. The molecule has 0 aliphatic rings. The van der Waals surface area contributed by atoms with E-state index in [-0.39, 0.29) is 5.82 Å². The van der Waals surface area contributed by atoms with Gasteiger partial charge in [0.1, 0.15) is 5.82 Å². The first-order chi connectivity index (χ1) is 10.1. The Bertz CT molecular complexity index is 406. The smallest absolute Gasteiger partial charge is 0.127 e. The Morgan fingerprint density at radius 1 is 1.24 bits per heavy atom. The van der Waals surface area contributed by atoms with Crippen molar-refractivity contribution in [3.8, 4) is 0 Å². The van der Waals surface area contributed by atoms with Crippen LogP contribution in [-0.2, 0) is 13.1 Å². The molecule has 0 heterocycles. The maximum absolute atomic E-state index is 14.0. The van der Waals surface area contributed by atoms with Crippen molar-refractivity contribution in [2.45, 2.75) is 53.6 Å². The van der Waals surface area contributed by atoms with Gasteiger partial charge in [0.2, 0.25) is 0 Å². The summed E-state index contributed by atoms with van der Waals surface area (Å²) in [6.07, 6.45) is 2.28. The highest BCUT2D eigenvalue weighted by Gasteiger charge is 2.11. The average molecular weight is 294 g/mol. The summed E-state index contributed by atoms with van der Waals surface area (Å²) >= 11 is 0. The van der Waals surface area contributed by atoms with Gasteiger partial charge in [0, 0.05) is 25.2 Å². The minimum Gasteiger partial charge on any atom is -0.313 e. The Kier molecular flexibility index (Phi) is 8.55. The molecule has 0 aliphatic heterocycles. The van der Waals surface area contributed by atoms with Crippen LogP contribution in [0.15, 0.2) is 18.2 Å². The Morgan fingerprint density at radius 3 is 2.62 bits per heavy atom. The lowest BCUT2D eigenvalue weighted by Gasteiger charge is -2.24. The first-order valence-electron chi connectivity index (χ1n) is 8.31. The highest BCUT2D eigenvalue weighted by Crippen LogP contribution is 2.15. The highest BCUT2D eigenvalue weighted by molar-refractivity contribution is 5.25. The zero-order valence-corrected chi connectivity index (χ0v) is 14.1. The van der Waals surface area contributed by atoms with Crippen LogP contribution >= 0.6 is 0 Å². The molecule has 2 nitrogen and oxygen atoms in total. The third-order valence-electron chi connectivity index (χ3n) is 3.97. The van der Waals surface area contributed by atoms with Crippen molar-refractivity contribution in [3.63, 3.8) is 0 Å². The third-order valence-corrected chi connectivity index (χ3v) is 3.97. The first-order valence-corrected chi connectivity index (χ1v) is 8.31. The minimum absolute atomic E-state index is 0.0863. The van der Waals surface area contributed by atoms with Gasteiger partial charge in [-0.2, -0.15) is 0 Å². The molecule has 1 atom stereocenters. The highest BCUT2D eigenvalue weighted by atomic mass is 19.1. The van der Waals surface area contributed by atoms with E-state index in [1.807, 2.05) is 12.1 Å². The lowest BCUT2D eigenvalue weighted by Crippen LogP contribution is -2.28. The molecule has 0 saturated heterocycles. The van der Waals surface area contributed by atoms with Gasteiger partial charge in [-0.25, -0.2) is 4.39 Å². The molecule has 1 rings (SSSR count). The van der Waals surface area contributed by atoms with E-state index in [1.54, 1.807) is 6.07 Å². The van der Waals surface area contributed by atoms with Crippen LogP contribution in [-0.4, -0.2) is 24.5 Å². The third kappa shape index (κ3) is 6.58. The fourth-order valence-electron chi connectivity index (χ4n) is 2.38. The Morgan fingerprint density at radius 2 is 2.00 bits per heavy atom. The fourth-order valence-corrected chi connectivity index (χ4v) is 2.38. The van der Waals surface area contributed by atoms with E-state index < -0.39 is 0 Å². The van der Waals surface area contributed by atoms with Gasteiger partial charge in [0.25, 0.3) is 0 Å². The van der Waals surface area contributed by atoms with E-state index in [0.29, 0.717) is 12.5 Å². The average Bonchev–Trinajstić information content (AvgIpc) is 2.49. The zero-order valence-electron chi connectivity index (χ0n) is 14.1. The lowest BCUT2D eigenvalue weighted by atomic mass is 10.1. The first kappa shape index (κ1) is 18.1. The molecule has 0 fully saturated rings. The van der Waals surface area contributed by atoms with Gasteiger partial charge in [-0.3, -0.25) is 4.90 Å². The maximum atomic E-state index is 14.0. The molecule has 3 heteroatoms. The summed E-state index contributed by atoms with van der Waals surface area (Å²) in [5, 5.41) is 3.37. The van der Waals surface area contributed by atoms with Crippen LogP contribution in [0.25, 0.3) is 0 Å². The molecule has 0 radical (unpaired) electrons. The van der Waals surface area contributed by atoms with E-state index in [9.17, 15) is 4.39 Å². The second kappa shape index (κ2) is 9.91. The summed E-state index contributed by atoms with van der Waals surface area (Å²) in [5.74, 6) is 0.569. The molecule has 0 bridgehead atoms. The normalized spacial score (nSPS) is 12.9. The number of benzene rings is 1. The molecule has 0 aliphatic carbocycles. The van der Waals surface area contributed by atoms with E-state index in [1.165, 1.54) is 12.0 Å². The van der Waals surface area contributed by atoms with Crippen molar-refractivity contribution < 1.29 is 4.39 Å². The van der Waals surface area contributed by atoms with Gasteiger partial charge in [-0.05, 0) is 37.1 Å². The van der Waals surface area contributed by atoms with Crippen LogP contribution in [0.5, 0.6) is 0 Å². The summed E-state index contributed by atoms with van der Waals surface area (Å²) in [6.45, 7) is 13.3. The van der Waals surface area contributed by atoms with Crippen molar-refractivity contribution in [1.29, 1.82) is 0 Å². The second-order valence-electron chi connectivity index (χ2n) is 5.94. The van der Waals surface area contributed by atoms with Crippen molar-refractivity contribution >= 4 is 0 Å². The molecule has 1 unspecified atom stereocenters. The molecular weight excluding hydrogens is 263 g/mol. The SMILES string of the molecule is CCCNCc1ccc(F)c(CN(CC)CC(C)CC)c1. The van der Waals surface area contributed by atoms with Crippen LogP contribution in [0.3, 0.4) is 0 Å². The number of nitrogens with one attached hydrogen (secondary N) is 1. The molecule has 0 saturated carbocycles. The number of nitrogens with zero attached hydrogens (tertiary/aromatic N) is 1. The van der Waals surface area contributed by atoms with Crippen LogP contribution in [0.2, 0.25) is 0 Å². The van der Waals surface area contributed by atoms with Gasteiger partial charge < -0.3 is 5.32 Å². The topological polar surface area (TPSA) is 15.3 Å². The quantitative estimate of drug-likeness (QED) is 0.651. The molecular formula is C18H31FN2. The number of hydrogen-bond acceptors (Lipinski definition) is 2. The van der Waals surface area contributed by atoms with E-state index in [2.05, 4.69) is 37.9 Å². The summed E-state index contributed by atoms with van der Waals surface area (Å²) in [7, 11) is 0. The summed E-state index contributed by atoms with van der Waals surface area (Å²) in [4.78, 5) is 2.33. The van der Waals surface area contributed by atoms with Crippen molar-refractivity contribution in [1.82, 2.24) is 10.2 Å². The zero-order chi connectivity index (χ0) is 15.7. The molecule has 1 aromatic rings. The van der Waals surface area contributed by atoms with Gasteiger partial charge in [0.05, 0.1) is 0 Å². The van der Waals surface area contributed by atoms with E-state index in [0.717, 1.165) is 38.2 Å². The Labute approximate surface area is 129 Å². The van der Waals surface area contributed by atoms with Crippen molar-refractivity contribution in [3.05, 3.63) is 35.1 Å². The largest absolute Gasteiger partial charge is 0.313 e. The molecule has 1 N–H and O–H groups in total. The number of halogens is 1. The maximum Gasteiger partial charge on any atom is 0.127 e. The minimum atomic E-state index is -0.0863. The van der Waals surface area contributed by atoms with Crippen molar-refractivity contribution in [2.24, 2.45) is 5.92 Å². The van der Waals surface area contributed by atoms with E-state index in [4.69, 9.17) is 0 Å². The summed E-state index contributed by atoms with van der Waals surface area (Å²) in [5.41, 5.74) is 1.98. The van der Waals surface area contributed by atoms with Gasteiger partial charge in [-0.1, -0.05) is 46.2 Å². The predicted molar refractivity (Wildman–Crippen MR) is 88.8 cm³/mol. The van der Waals surface area contributed by atoms with Gasteiger partial charge in [0.15, 0.2) is 0 Å². The van der Waals surface area contributed by atoms with Crippen molar-refractivity contribution in [2.75, 3.05) is 19.6 Å². The van der Waals surface area contributed by atoms with Gasteiger partial charge >= 0.3 is 0 Å². The molecule has 1 aromatic carbocycles. The molecule has 0 aromatic heterocycles. The Hall–Kier alpha value is -0.930. The Balaban J connectivity index is 2.68. The molecule has 0 amide bonds. The molecule has 0 spiro atoms. The summed E-state index contributed by atoms with van der Waals surface area (Å²) < 4.78 is 14.0. The second-order valence-corrected chi connectivity index (χ2v) is 5.94. The monoisotopic (exact) mass is 294 g/mol. The summed E-state index contributed by atoms with van der Waals surface area (Å²) in [6, 6.07) is 5.50. The van der Waals surface area contributed by atoms with Gasteiger partial charge in [-0.15, -0.1) is 0 Å². The van der Waals surface area contributed by atoms with Crippen LogP contribution in [0, 0.1) is 11.7 Å². The molecule has 21 heavy (non-hydrogen) atoms. The predicted octanol–water partition coefficient (Wildman–Crippen LogP) is 4.19. The van der Waals surface area contributed by atoms with E-state index >= 15 is 0 Å². The standard InChI is InChI=1S/C18H31FN2/c1-5-10-20-12-16-8-9-18(19)17(11-16)14-21(7-3)13-15(4)6-2/h8-9,11,15,20H,5-7,10,12-14H2,1-4H3. The fraction of sp³-hybridized carbons (Fsp3) is 0.667. The lowest BCUT2D eigenvalue weighted by molar-refractivity contribution is 0.235. The van der Waals surface area contributed by atoms with Crippen LogP contribution < -0.4 is 5.32 Å².